The molecule has 0 amide bonds. The lowest BCUT2D eigenvalue weighted by Gasteiger charge is -2.13. The van der Waals surface area contributed by atoms with Gasteiger partial charge in [0.15, 0.2) is 0 Å². The molecule has 0 saturated carbocycles. The number of halogens is 6. The molecule has 0 atom stereocenters. The quantitative estimate of drug-likeness (QED) is 0.814. The molecule has 0 fully saturated rings. The van der Waals surface area contributed by atoms with E-state index in [9.17, 15) is 26.3 Å². The van der Waals surface area contributed by atoms with Gasteiger partial charge in [-0.05, 0) is 23.8 Å². The first-order valence-corrected chi connectivity index (χ1v) is 4.81. The minimum atomic E-state index is -4.71. The van der Waals surface area contributed by atoms with Crippen LogP contribution in [0.2, 0.25) is 0 Å². The Balaban J connectivity index is 3.34. The fourth-order valence-electron chi connectivity index (χ4n) is 1.33. The topological polar surface area (TPSA) is 26.0 Å². The molecule has 0 unspecified atom stereocenters. The lowest BCUT2D eigenvalue weighted by Crippen LogP contribution is -2.11. The molecule has 0 saturated heterocycles. The Morgan fingerprint density at radius 3 is 2.06 bits per heavy atom. The highest BCUT2D eigenvalue weighted by molar-refractivity contribution is 5.56. The van der Waals surface area contributed by atoms with Crippen molar-refractivity contribution in [3.8, 4) is 0 Å². The highest BCUT2D eigenvalue weighted by Gasteiger charge is 2.36. The Morgan fingerprint density at radius 2 is 1.61 bits per heavy atom. The average Bonchev–Trinajstić information content (AvgIpc) is 2.23. The highest BCUT2D eigenvalue weighted by Crippen LogP contribution is 2.36. The summed E-state index contributed by atoms with van der Waals surface area (Å²) in [6, 6.07) is 1.27. The molecular weight excluding hydrogens is 260 g/mol. The lowest BCUT2D eigenvalue weighted by molar-refractivity contribution is -0.141. The summed E-state index contributed by atoms with van der Waals surface area (Å²) >= 11 is 0. The zero-order valence-corrected chi connectivity index (χ0v) is 8.94. The van der Waals surface area contributed by atoms with Crippen LogP contribution in [0.3, 0.4) is 0 Å². The van der Waals surface area contributed by atoms with Crippen molar-refractivity contribution in [1.82, 2.24) is 0 Å². The van der Waals surface area contributed by atoms with Crippen molar-refractivity contribution in [2.75, 3.05) is 6.54 Å². The maximum Gasteiger partial charge on any atom is 0.416 e. The molecule has 0 aliphatic rings. The molecule has 1 aromatic rings. The molecule has 18 heavy (non-hydrogen) atoms. The molecule has 0 heterocycles. The van der Waals surface area contributed by atoms with Gasteiger partial charge < -0.3 is 5.73 Å². The molecular formula is C11H9F6N. The van der Waals surface area contributed by atoms with Crippen molar-refractivity contribution >= 4 is 6.08 Å². The van der Waals surface area contributed by atoms with Gasteiger partial charge in [-0.15, -0.1) is 0 Å². The Kier molecular flexibility index (Phi) is 4.05. The Hall–Kier alpha value is -1.50. The highest BCUT2D eigenvalue weighted by atomic mass is 19.4. The monoisotopic (exact) mass is 269 g/mol. The van der Waals surface area contributed by atoms with Crippen molar-refractivity contribution < 1.29 is 26.3 Å². The van der Waals surface area contributed by atoms with Gasteiger partial charge in [-0.2, -0.15) is 26.3 Å². The van der Waals surface area contributed by atoms with E-state index in [1.54, 1.807) is 0 Å². The van der Waals surface area contributed by atoms with Crippen molar-refractivity contribution in [3.05, 3.63) is 41.0 Å². The SMILES string of the molecule is NCC=Cc1cc(C(F)(F)F)ccc1C(F)(F)F. The van der Waals surface area contributed by atoms with Crippen LogP contribution in [-0.4, -0.2) is 6.54 Å². The van der Waals surface area contributed by atoms with Crippen molar-refractivity contribution in [2.45, 2.75) is 12.4 Å². The van der Waals surface area contributed by atoms with Gasteiger partial charge in [-0.3, -0.25) is 0 Å². The standard InChI is InChI=1S/C11H9F6N/c12-10(13,14)8-3-4-9(11(15,16)17)7(6-8)2-1-5-18/h1-4,6H,5,18H2. The van der Waals surface area contributed by atoms with Gasteiger partial charge in [0, 0.05) is 6.54 Å². The van der Waals surface area contributed by atoms with Gasteiger partial charge in [-0.25, -0.2) is 0 Å². The molecule has 100 valence electrons. The molecule has 0 aromatic heterocycles. The van der Waals surface area contributed by atoms with E-state index in [0.717, 1.165) is 12.2 Å². The zero-order chi connectivity index (χ0) is 14.0. The number of hydrogen-bond acceptors (Lipinski definition) is 1. The van der Waals surface area contributed by atoms with Gasteiger partial charge in [0.1, 0.15) is 0 Å². The molecule has 0 aliphatic carbocycles. The predicted molar refractivity (Wildman–Crippen MR) is 54.5 cm³/mol. The molecule has 1 nitrogen and oxygen atoms in total. The van der Waals surface area contributed by atoms with E-state index in [4.69, 9.17) is 5.73 Å². The minimum absolute atomic E-state index is 0.0620. The number of hydrogen-bond donors (Lipinski definition) is 1. The fraction of sp³-hybridized carbons (Fsp3) is 0.273. The normalized spacial score (nSPS) is 13.3. The third-order valence-electron chi connectivity index (χ3n) is 2.12. The van der Waals surface area contributed by atoms with E-state index < -0.39 is 29.0 Å². The maximum absolute atomic E-state index is 12.6. The van der Waals surface area contributed by atoms with Crippen LogP contribution in [0.1, 0.15) is 16.7 Å². The summed E-state index contributed by atoms with van der Waals surface area (Å²) in [6.07, 6.45) is -7.31. The largest absolute Gasteiger partial charge is 0.416 e. The average molecular weight is 269 g/mol. The Morgan fingerprint density at radius 1 is 1.00 bits per heavy atom. The summed E-state index contributed by atoms with van der Waals surface area (Å²) in [4.78, 5) is 0. The van der Waals surface area contributed by atoms with Crippen LogP contribution in [0.15, 0.2) is 24.3 Å². The third kappa shape index (κ3) is 3.49. The van der Waals surface area contributed by atoms with E-state index in [2.05, 4.69) is 0 Å². The third-order valence-corrected chi connectivity index (χ3v) is 2.12. The van der Waals surface area contributed by atoms with Crippen LogP contribution in [-0.2, 0) is 12.4 Å². The van der Waals surface area contributed by atoms with E-state index in [1.165, 1.54) is 0 Å². The number of alkyl halides is 6. The maximum atomic E-state index is 12.6. The lowest BCUT2D eigenvalue weighted by atomic mass is 10.0. The molecule has 0 aliphatic heterocycles. The summed E-state index contributed by atoms with van der Waals surface area (Å²) < 4.78 is 74.8. The first kappa shape index (κ1) is 14.6. The molecule has 1 rings (SSSR count). The predicted octanol–water partition coefficient (Wildman–Crippen LogP) is 3.70. The van der Waals surface area contributed by atoms with E-state index in [0.29, 0.717) is 18.2 Å². The minimum Gasteiger partial charge on any atom is -0.327 e. The van der Waals surface area contributed by atoms with Crippen LogP contribution < -0.4 is 5.73 Å². The Labute approximate surface area is 98.9 Å². The summed E-state index contributed by atoms with van der Waals surface area (Å²) in [5.41, 5.74) is 2.26. The molecule has 7 heteroatoms. The summed E-state index contributed by atoms with van der Waals surface area (Å²) in [6.45, 7) is -0.0620. The van der Waals surface area contributed by atoms with Crippen LogP contribution in [0.4, 0.5) is 26.3 Å². The second-order valence-electron chi connectivity index (χ2n) is 3.44. The Bertz CT molecular complexity index is 444. The molecule has 0 radical (unpaired) electrons. The van der Waals surface area contributed by atoms with E-state index >= 15 is 0 Å². The van der Waals surface area contributed by atoms with Gasteiger partial charge in [0.25, 0.3) is 0 Å². The summed E-state index contributed by atoms with van der Waals surface area (Å²) in [5.74, 6) is 0. The summed E-state index contributed by atoms with van der Waals surface area (Å²) in [5, 5.41) is 0. The second kappa shape index (κ2) is 5.01. The van der Waals surface area contributed by atoms with Crippen LogP contribution >= 0.6 is 0 Å². The van der Waals surface area contributed by atoms with Crippen molar-refractivity contribution in [3.63, 3.8) is 0 Å². The summed E-state index contributed by atoms with van der Waals surface area (Å²) in [7, 11) is 0. The van der Waals surface area contributed by atoms with E-state index in [1.807, 2.05) is 0 Å². The second-order valence-corrected chi connectivity index (χ2v) is 3.44. The first-order valence-electron chi connectivity index (χ1n) is 4.81. The van der Waals surface area contributed by atoms with Crippen LogP contribution in [0.25, 0.3) is 6.08 Å². The first-order chi connectivity index (χ1) is 8.16. The van der Waals surface area contributed by atoms with Gasteiger partial charge in [0.05, 0.1) is 11.1 Å². The zero-order valence-electron chi connectivity index (χ0n) is 8.94. The van der Waals surface area contributed by atoms with Crippen LogP contribution in [0, 0.1) is 0 Å². The molecule has 0 bridgehead atoms. The molecule has 1 aromatic carbocycles. The van der Waals surface area contributed by atoms with Crippen molar-refractivity contribution in [2.24, 2.45) is 5.73 Å². The van der Waals surface area contributed by atoms with Crippen LogP contribution in [0.5, 0.6) is 0 Å². The van der Waals surface area contributed by atoms with Crippen molar-refractivity contribution in [1.29, 1.82) is 0 Å². The molecule has 2 N–H and O–H groups in total. The molecule has 0 spiro atoms. The number of benzene rings is 1. The van der Waals surface area contributed by atoms with E-state index in [-0.39, 0.29) is 6.54 Å². The van der Waals surface area contributed by atoms with Gasteiger partial charge in [-0.1, -0.05) is 12.2 Å². The fourth-order valence-corrected chi connectivity index (χ4v) is 1.33. The smallest absolute Gasteiger partial charge is 0.327 e. The van der Waals surface area contributed by atoms with Gasteiger partial charge >= 0.3 is 12.4 Å². The number of rotatable bonds is 2. The number of nitrogens with two attached hydrogens (primary N) is 1. The van der Waals surface area contributed by atoms with Gasteiger partial charge in [0.2, 0.25) is 0 Å².